The summed E-state index contributed by atoms with van der Waals surface area (Å²) in [6.45, 7) is 0.589. The third kappa shape index (κ3) is 2.83. The molecule has 0 radical (unpaired) electrons. The van der Waals surface area contributed by atoms with Crippen LogP contribution in [-0.2, 0) is 0 Å². The van der Waals surface area contributed by atoms with Gasteiger partial charge in [-0.3, -0.25) is 4.98 Å². The zero-order valence-electron chi connectivity index (χ0n) is 7.35. The van der Waals surface area contributed by atoms with Gasteiger partial charge in [0, 0.05) is 6.20 Å². The number of hydrogen-bond donors (Lipinski definition) is 2. The second-order valence-corrected chi connectivity index (χ2v) is 2.65. The van der Waals surface area contributed by atoms with Crippen LogP contribution >= 0.6 is 0 Å². The van der Waals surface area contributed by atoms with E-state index in [-0.39, 0.29) is 0 Å². The number of aromatic nitrogens is 1. The lowest BCUT2D eigenvalue weighted by atomic mass is 10.1. The first-order chi connectivity index (χ1) is 6.38. The van der Waals surface area contributed by atoms with Gasteiger partial charge in [0.05, 0.1) is 5.69 Å². The Morgan fingerprint density at radius 1 is 1.54 bits per heavy atom. The summed E-state index contributed by atoms with van der Waals surface area (Å²) < 4.78 is 0. The first-order valence-electron chi connectivity index (χ1n) is 4.21. The van der Waals surface area contributed by atoms with Crippen LogP contribution in [0, 0.1) is 0 Å². The van der Waals surface area contributed by atoms with Gasteiger partial charge >= 0.3 is 0 Å². The van der Waals surface area contributed by atoms with Gasteiger partial charge in [-0.25, -0.2) is 0 Å². The Hall–Kier alpha value is -1.42. The van der Waals surface area contributed by atoms with Crippen molar-refractivity contribution in [1.82, 2.24) is 4.98 Å². The second kappa shape index (κ2) is 5.27. The molecule has 0 spiro atoms. The molecule has 0 amide bonds. The van der Waals surface area contributed by atoms with E-state index in [1.807, 2.05) is 18.2 Å². The zero-order valence-corrected chi connectivity index (χ0v) is 7.35. The number of pyridine rings is 1. The molecule has 1 rings (SSSR count). The first kappa shape index (κ1) is 9.67. The van der Waals surface area contributed by atoms with E-state index in [2.05, 4.69) is 10.1 Å². The molecule has 0 bridgehead atoms. The maximum absolute atomic E-state index is 8.71. The van der Waals surface area contributed by atoms with Gasteiger partial charge in [0.2, 0.25) is 0 Å². The topological polar surface area (TPSA) is 71.5 Å². The van der Waals surface area contributed by atoms with Gasteiger partial charge in [0.15, 0.2) is 0 Å². The second-order valence-electron chi connectivity index (χ2n) is 2.65. The molecule has 0 atom stereocenters. The molecular formula is C9H13N3O. The van der Waals surface area contributed by atoms with Crippen LogP contribution in [0.4, 0.5) is 0 Å². The highest BCUT2D eigenvalue weighted by Crippen LogP contribution is 2.02. The van der Waals surface area contributed by atoms with Gasteiger partial charge < -0.3 is 10.9 Å². The van der Waals surface area contributed by atoms with E-state index < -0.39 is 0 Å². The van der Waals surface area contributed by atoms with Gasteiger partial charge in [-0.1, -0.05) is 11.2 Å². The van der Waals surface area contributed by atoms with E-state index in [1.54, 1.807) is 6.20 Å². The summed E-state index contributed by atoms with van der Waals surface area (Å²) in [5.74, 6) is 0. The fourth-order valence-electron chi connectivity index (χ4n) is 1.03. The van der Waals surface area contributed by atoms with Crippen molar-refractivity contribution in [3.63, 3.8) is 0 Å². The third-order valence-corrected chi connectivity index (χ3v) is 1.70. The Kier molecular flexibility index (Phi) is 3.92. The van der Waals surface area contributed by atoms with Crippen LogP contribution in [0.15, 0.2) is 29.6 Å². The number of oxime groups is 1. The monoisotopic (exact) mass is 179 g/mol. The number of rotatable bonds is 4. The molecule has 0 aliphatic carbocycles. The predicted octanol–water partition coefficient (Wildman–Crippen LogP) is 0.999. The van der Waals surface area contributed by atoms with Gasteiger partial charge in [-0.15, -0.1) is 0 Å². The van der Waals surface area contributed by atoms with E-state index in [1.165, 1.54) is 0 Å². The van der Waals surface area contributed by atoms with E-state index in [4.69, 9.17) is 10.9 Å². The van der Waals surface area contributed by atoms with Crippen molar-refractivity contribution in [2.24, 2.45) is 10.9 Å². The lowest BCUT2D eigenvalue weighted by Crippen LogP contribution is -2.07. The molecule has 13 heavy (non-hydrogen) atoms. The average Bonchev–Trinajstić information content (AvgIpc) is 2.21. The SMILES string of the molecule is NCCC/C(=N/O)c1ccccn1. The summed E-state index contributed by atoms with van der Waals surface area (Å²) in [6.07, 6.45) is 3.13. The Morgan fingerprint density at radius 3 is 2.92 bits per heavy atom. The standard InChI is InChI=1S/C9H13N3O/c10-6-3-5-9(12-13)8-4-1-2-7-11-8/h1-2,4,7,13H,3,5-6,10H2/b12-9-. The number of hydrogen-bond acceptors (Lipinski definition) is 4. The molecule has 1 heterocycles. The van der Waals surface area contributed by atoms with Crippen LogP contribution in [0.1, 0.15) is 18.5 Å². The minimum absolute atomic E-state index is 0.589. The molecule has 0 aliphatic heterocycles. The van der Waals surface area contributed by atoms with Gasteiger partial charge in [-0.05, 0) is 31.5 Å². The van der Waals surface area contributed by atoms with Crippen LogP contribution in [-0.4, -0.2) is 22.4 Å². The van der Waals surface area contributed by atoms with E-state index in [0.717, 1.165) is 6.42 Å². The normalized spacial score (nSPS) is 11.6. The fraction of sp³-hybridized carbons (Fsp3) is 0.333. The summed E-state index contributed by atoms with van der Waals surface area (Å²) in [4.78, 5) is 4.07. The molecular weight excluding hydrogens is 166 g/mol. The Morgan fingerprint density at radius 2 is 2.38 bits per heavy atom. The summed E-state index contributed by atoms with van der Waals surface area (Å²) in [5, 5.41) is 11.9. The summed E-state index contributed by atoms with van der Waals surface area (Å²) in [6, 6.07) is 5.49. The number of nitrogens with two attached hydrogens (primary N) is 1. The lowest BCUT2D eigenvalue weighted by Gasteiger charge is -2.01. The summed E-state index contributed by atoms with van der Waals surface area (Å²) in [5.41, 5.74) is 6.65. The minimum Gasteiger partial charge on any atom is -0.411 e. The predicted molar refractivity (Wildman–Crippen MR) is 50.8 cm³/mol. The van der Waals surface area contributed by atoms with Gasteiger partial charge in [0.1, 0.15) is 5.71 Å². The van der Waals surface area contributed by atoms with Gasteiger partial charge in [-0.2, -0.15) is 0 Å². The van der Waals surface area contributed by atoms with Crippen molar-refractivity contribution in [3.8, 4) is 0 Å². The maximum atomic E-state index is 8.71. The van der Waals surface area contributed by atoms with E-state index in [0.29, 0.717) is 24.4 Å². The van der Waals surface area contributed by atoms with Crippen LogP contribution in [0.25, 0.3) is 0 Å². The quantitative estimate of drug-likeness (QED) is 0.411. The molecule has 0 aliphatic rings. The Balaban J connectivity index is 2.69. The smallest absolute Gasteiger partial charge is 0.105 e. The summed E-state index contributed by atoms with van der Waals surface area (Å²) in [7, 11) is 0. The van der Waals surface area contributed by atoms with Crippen LogP contribution in [0.3, 0.4) is 0 Å². The van der Waals surface area contributed by atoms with E-state index in [9.17, 15) is 0 Å². The highest BCUT2D eigenvalue weighted by molar-refractivity contribution is 5.98. The van der Waals surface area contributed by atoms with Crippen molar-refractivity contribution in [2.75, 3.05) is 6.54 Å². The van der Waals surface area contributed by atoms with Gasteiger partial charge in [0.25, 0.3) is 0 Å². The van der Waals surface area contributed by atoms with E-state index >= 15 is 0 Å². The lowest BCUT2D eigenvalue weighted by molar-refractivity contribution is 0.317. The van der Waals surface area contributed by atoms with Crippen LogP contribution < -0.4 is 5.73 Å². The van der Waals surface area contributed by atoms with Crippen LogP contribution in [0.5, 0.6) is 0 Å². The minimum atomic E-state index is 0.589. The number of nitrogens with zero attached hydrogens (tertiary/aromatic N) is 2. The fourth-order valence-corrected chi connectivity index (χ4v) is 1.03. The highest BCUT2D eigenvalue weighted by atomic mass is 16.4. The molecule has 0 saturated heterocycles. The molecule has 70 valence electrons. The largest absolute Gasteiger partial charge is 0.411 e. The Labute approximate surface area is 77.1 Å². The van der Waals surface area contributed by atoms with Crippen molar-refractivity contribution in [3.05, 3.63) is 30.1 Å². The molecule has 4 heteroatoms. The zero-order chi connectivity index (χ0) is 9.52. The third-order valence-electron chi connectivity index (χ3n) is 1.70. The molecule has 3 N–H and O–H groups in total. The Bertz CT molecular complexity index is 271. The molecule has 0 aromatic carbocycles. The van der Waals surface area contributed by atoms with Crippen LogP contribution in [0.2, 0.25) is 0 Å². The highest BCUT2D eigenvalue weighted by Gasteiger charge is 2.03. The average molecular weight is 179 g/mol. The van der Waals surface area contributed by atoms with Crippen molar-refractivity contribution in [1.29, 1.82) is 0 Å². The maximum Gasteiger partial charge on any atom is 0.105 e. The van der Waals surface area contributed by atoms with Crippen molar-refractivity contribution >= 4 is 5.71 Å². The first-order valence-corrected chi connectivity index (χ1v) is 4.21. The van der Waals surface area contributed by atoms with Crippen molar-refractivity contribution in [2.45, 2.75) is 12.8 Å². The molecule has 0 saturated carbocycles. The molecule has 1 aromatic rings. The summed E-state index contributed by atoms with van der Waals surface area (Å²) >= 11 is 0. The molecule has 4 nitrogen and oxygen atoms in total. The molecule has 1 aromatic heterocycles. The molecule has 0 fully saturated rings. The van der Waals surface area contributed by atoms with Crippen molar-refractivity contribution < 1.29 is 5.21 Å². The molecule has 0 unspecified atom stereocenters.